The zero-order valence-electron chi connectivity index (χ0n) is 16.6. The highest BCUT2D eigenvalue weighted by molar-refractivity contribution is 7.12. The Balaban J connectivity index is 1.47. The number of halogens is 1. The average Bonchev–Trinajstić information content (AvgIpc) is 3.29. The van der Waals surface area contributed by atoms with Gasteiger partial charge in [-0.25, -0.2) is 0 Å². The molecule has 0 bridgehead atoms. The van der Waals surface area contributed by atoms with Crippen molar-refractivity contribution in [3.8, 4) is 0 Å². The van der Waals surface area contributed by atoms with E-state index in [9.17, 15) is 9.59 Å². The predicted octanol–water partition coefficient (Wildman–Crippen LogP) is 4.92. The topological polar surface area (TPSA) is 52.7 Å². The number of aryl methyl sites for hydroxylation is 1. The van der Waals surface area contributed by atoms with Crippen LogP contribution >= 0.6 is 22.9 Å². The lowest BCUT2D eigenvalue weighted by Gasteiger charge is -2.37. The van der Waals surface area contributed by atoms with E-state index in [2.05, 4.69) is 10.2 Å². The van der Waals surface area contributed by atoms with Crippen LogP contribution in [0.25, 0.3) is 0 Å². The van der Waals surface area contributed by atoms with Crippen LogP contribution in [0.4, 0.5) is 11.4 Å². The number of thiophene rings is 1. The van der Waals surface area contributed by atoms with Gasteiger partial charge >= 0.3 is 0 Å². The quantitative estimate of drug-likeness (QED) is 0.627. The Morgan fingerprint density at radius 2 is 1.70 bits per heavy atom. The largest absolute Gasteiger partial charge is 0.365 e. The molecular weight excluding hydrogens is 418 g/mol. The van der Waals surface area contributed by atoms with Crippen molar-refractivity contribution in [1.82, 2.24) is 4.90 Å². The molecule has 0 radical (unpaired) electrons. The van der Waals surface area contributed by atoms with Gasteiger partial charge in [-0.05, 0) is 42.6 Å². The molecule has 0 unspecified atom stereocenters. The number of carbonyl (C=O) groups excluding carboxylic acids is 2. The minimum atomic E-state index is -0.151. The van der Waals surface area contributed by atoms with Crippen LogP contribution in [0.15, 0.2) is 60.0 Å². The van der Waals surface area contributed by atoms with E-state index in [0.717, 1.165) is 11.3 Å². The van der Waals surface area contributed by atoms with E-state index in [4.69, 9.17) is 11.6 Å². The number of para-hydroxylation sites is 1. The van der Waals surface area contributed by atoms with Crippen LogP contribution in [0.3, 0.4) is 0 Å². The van der Waals surface area contributed by atoms with Gasteiger partial charge in [0.1, 0.15) is 0 Å². The van der Waals surface area contributed by atoms with Crippen molar-refractivity contribution < 1.29 is 9.59 Å². The van der Waals surface area contributed by atoms with Gasteiger partial charge in [0, 0.05) is 31.7 Å². The minimum Gasteiger partial charge on any atom is -0.365 e. The number of hydrogen-bond acceptors (Lipinski definition) is 4. The molecule has 1 saturated heterocycles. The fraction of sp³-hybridized carbons (Fsp3) is 0.217. The van der Waals surface area contributed by atoms with Crippen molar-refractivity contribution in [2.75, 3.05) is 36.4 Å². The monoisotopic (exact) mass is 439 g/mol. The number of rotatable bonds is 4. The second-order valence-corrected chi connectivity index (χ2v) is 8.57. The molecule has 1 aromatic heterocycles. The Hall–Kier alpha value is -2.83. The second kappa shape index (κ2) is 8.90. The van der Waals surface area contributed by atoms with Crippen molar-refractivity contribution in [3.05, 3.63) is 81.0 Å². The van der Waals surface area contributed by atoms with Crippen LogP contribution in [-0.2, 0) is 0 Å². The van der Waals surface area contributed by atoms with Gasteiger partial charge < -0.3 is 15.1 Å². The summed E-state index contributed by atoms with van der Waals surface area (Å²) in [5.41, 5.74) is 3.31. The standard InChI is InChI=1S/C23H22ClN3O2S/c1-16-7-9-17(10-8-16)23(29)27-13-11-26(12-14-27)21-18(24)4-2-5-19(21)25-22(28)20-6-3-15-30-20/h2-10,15H,11-14H2,1H3,(H,25,28). The number of hydrogen-bond donors (Lipinski definition) is 1. The minimum absolute atomic E-state index is 0.0417. The van der Waals surface area contributed by atoms with Crippen LogP contribution in [0.5, 0.6) is 0 Å². The molecule has 30 heavy (non-hydrogen) atoms. The maximum atomic E-state index is 12.8. The first-order valence-electron chi connectivity index (χ1n) is 9.77. The van der Waals surface area contributed by atoms with E-state index in [1.54, 1.807) is 6.07 Å². The van der Waals surface area contributed by atoms with Crippen LogP contribution in [0.2, 0.25) is 5.02 Å². The predicted molar refractivity (Wildman–Crippen MR) is 123 cm³/mol. The van der Waals surface area contributed by atoms with E-state index in [0.29, 0.717) is 47.3 Å². The van der Waals surface area contributed by atoms with Gasteiger partial charge in [-0.15, -0.1) is 11.3 Å². The normalized spacial score (nSPS) is 13.9. The Labute approximate surface area is 184 Å². The van der Waals surface area contributed by atoms with Crippen molar-refractivity contribution in [1.29, 1.82) is 0 Å². The molecule has 2 aromatic carbocycles. The molecule has 1 N–H and O–H groups in total. The SMILES string of the molecule is Cc1ccc(C(=O)N2CCN(c3c(Cl)cccc3NC(=O)c3cccs3)CC2)cc1. The van der Waals surface area contributed by atoms with E-state index >= 15 is 0 Å². The lowest BCUT2D eigenvalue weighted by Crippen LogP contribution is -2.49. The number of benzene rings is 2. The molecule has 7 heteroatoms. The number of carbonyl (C=O) groups is 2. The van der Waals surface area contributed by atoms with Crippen molar-refractivity contribution >= 4 is 46.1 Å². The van der Waals surface area contributed by atoms with Gasteiger partial charge in [-0.1, -0.05) is 41.4 Å². The van der Waals surface area contributed by atoms with Crippen LogP contribution in [0, 0.1) is 6.92 Å². The third-order valence-corrected chi connectivity index (χ3v) is 6.34. The number of nitrogens with one attached hydrogen (secondary N) is 1. The zero-order chi connectivity index (χ0) is 21.1. The summed E-state index contributed by atoms with van der Waals surface area (Å²) in [6.07, 6.45) is 0. The van der Waals surface area contributed by atoms with Gasteiger partial charge in [-0.3, -0.25) is 9.59 Å². The summed E-state index contributed by atoms with van der Waals surface area (Å²) in [5.74, 6) is -0.110. The lowest BCUT2D eigenvalue weighted by molar-refractivity contribution is 0.0746. The first-order valence-corrected chi connectivity index (χ1v) is 11.0. The maximum Gasteiger partial charge on any atom is 0.265 e. The van der Waals surface area contributed by atoms with Crippen molar-refractivity contribution in [2.45, 2.75) is 6.92 Å². The number of anilines is 2. The fourth-order valence-electron chi connectivity index (χ4n) is 3.54. The molecule has 2 amide bonds. The molecule has 1 fully saturated rings. The van der Waals surface area contributed by atoms with Crippen LogP contribution < -0.4 is 10.2 Å². The Bertz CT molecular complexity index is 1040. The molecule has 0 aliphatic carbocycles. The lowest BCUT2D eigenvalue weighted by atomic mass is 10.1. The molecule has 4 rings (SSSR count). The third kappa shape index (κ3) is 4.35. The summed E-state index contributed by atoms with van der Waals surface area (Å²) >= 11 is 7.91. The van der Waals surface area contributed by atoms with Gasteiger partial charge in [0.25, 0.3) is 11.8 Å². The van der Waals surface area contributed by atoms with E-state index in [1.165, 1.54) is 11.3 Å². The van der Waals surface area contributed by atoms with Crippen molar-refractivity contribution in [2.24, 2.45) is 0 Å². The summed E-state index contributed by atoms with van der Waals surface area (Å²) < 4.78 is 0. The highest BCUT2D eigenvalue weighted by Crippen LogP contribution is 2.35. The first kappa shape index (κ1) is 20.4. The molecule has 0 spiro atoms. The van der Waals surface area contributed by atoms with Crippen LogP contribution in [0.1, 0.15) is 25.6 Å². The number of nitrogens with zero attached hydrogens (tertiary/aromatic N) is 2. The van der Waals surface area contributed by atoms with Gasteiger partial charge in [-0.2, -0.15) is 0 Å². The molecule has 154 valence electrons. The Morgan fingerprint density at radius 1 is 0.967 bits per heavy atom. The highest BCUT2D eigenvalue weighted by atomic mass is 35.5. The summed E-state index contributed by atoms with van der Waals surface area (Å²) in [7, 11) is 0. The third-order valence-electron chi connectivity index (χ3n) is 5.16. The fourth-order valence-corrected chi connectivity index (χ4v) is 4.45. The second-order valence-electron chi connectivity index (χ2n) is 7.21. The summed E-state index contributed by atoms with van der Waals surface area (Å²) in [6, 6.07) is 16.8. The average molecular weight is 440 g/mol. The molecule has 1 aliphatic heterocycles. The van der Waals surface area contributed by atoms with Gasteiger partial charge in [0.2, 0.25) is 0 Å². The van der Waals surface area contributed by atoms with Gasteiger partial charge in [0.05, 0.1) is 21.3 Å². The van der Waals surface area contributed by atoms with E-state index < -0.39 is 0 Å². The Morgan fingerprint density at radius 3 is 2.37 bits per heavy atom. The molecule has 0 saturated carbocycles. The molecular formula is C23H22ClN3O2S. The molecule has 2 heterocycles. The Kier molecular flexibility index (Phi) is 6.06. The highest BCUT2D eigenvalue weighted by Gasteiger charge is 2.25. The molecule has 5 nitrogen and oxygen atoms in total. The molecule has 0 atom stereocenters. The summed E-state index contributed by atoms with van der Waals surface area (Å²) in [6.45, 7) is 4.48. The first-order chi connectivity index (χ1) is 14.5. The number of amides is 2. The summed E-state index contributed by atoms with van der Waals surface area (Å²) in [4.78, 5) is 30.0. The van der Waals surface area contributed by atoms with Gasteiger partial charge in [0.15, 0.2) is 0 Å². The molecule has 3 aromatic rings. The van der Waals surface area contributed by atoms with Crippen molar-refractivity contribution in [3.63, 3.8) is 0 Å². The molecule has 1 aliphatic rings. The van der Waals surface area contributed by atoms with Crippen LogP contribution in [-0.4, -0.2) is 42.9 Å². The summed E-state index contributed by atoms with van der Waals surface area (Å²) in [5, 5.41) is 5.43. The van der Waals surface area contributed by atoms with E-state index in [-0.39, 0.29) is 11.8 Å². The zero-order valence-corrected chi connectivity index (χ0v) is 18.2. The van der Waals surface area contributed by atoms with E-state index in [1.807, 2.05) is 65.7 Å². The number of piperazine rings is 1. The maximum absolute atomic E-state index is 12.8. The smallest absolute Gasteiger partial charge is 0.265 e.